The first kappa shape index (κ1) is 6.03. The van der Waals surface area contributed by atoms with Gasteiger partial charge in [-0.15, -0.1) is 0 Å². The van der Waals surface area contributed by atoms with Gasteiger partial charge in [-0.25, -0.2) is 4.98 Å². The number of aromatic nitrogens is 3. The van der Waals surface area contributed by atoms with Crippen molar-refractivity contribution >= 4 is 17.5 Å². The van der Waals surface area contributed by atoms with Gasteiger partial charge in [-0.1, -0.05) is 0 Å². The molecular formula is C7H5N3O. The SMILES string of the molecule is O=Cc1cnc2cc[nH]c2n1. The Hall–Kier alpha value is -1.71. The normalized spacial score (nSPS) is 10.2. The molecule has 11 heavy (non-hydrogen) atoms. The molecule has 0 unspecified atom stereocenters. The number of aldehydes is 1. The zero-order chi connectivity index (χ0) is 7.68. The van der Waals surface area contributed by atoms with Crippen molar-refractivity contribution in [1.29, 1.82) is 0 Å². The van der Waals surface area contributed by atoms with Gasteiger partial charge in [-0.2, -0.15) is 0 Å². The van der Waals surface area contributed by atoms with Gasteiger partial charge in [0.05, 0.1) is 6.20 Å². The summed E-state index contributed by atoms with van der Waals surface area (Å²) in [5.41, 5.74) is 1.77. The van der Waals surface area contributed by atoms with E-state index in [0.29, 0.717) is 17.6 Å². The third-order valence-corrected chi connectivity index (χ3v) is 1.40. The van der Waals surface area contributed by atoms with Gasteiger partial charge in [-0.05, 0) is 6.07 Å². The van der Waals surface area contributed by atoms with Gasteiger partial charge in [0.1, 0.15) is 11.2 Å². The minimum Gasteiger partial charge on any atom is -0.345 e. The molecule has 0 atom stereocenters. The lowest BCUT2D eigenvalue weighted by Crippen LogP contribution is -1.88. The number of fused-ring (bicyclic) bond motifs is 1. The molecule has 2 aromatic heterocycles. The maximum absolute atomic E-state index is 10.3. The highest BCUT2D eigenvalue weighted by molar-refractivity contribution is 5.77. The fourth-order valence-electron chi connectivity index (χ4n) is 0.897. The maximum atomic E-state index is 10.3. The quantitative estimate of drug-likeness (QED) is 0.606. The second kappa shape index (κ2) is 2.16. The van der Waals surface area contributed by atoms with E-state index >= 15 is 0 Å². The van der Waals surface area contributed by atoms with Crippen LogP contribution in [-0.2, 0) is 0 Å². The first-order valence-corrected chi connectivity index (χ1v) is 3.15. The van der Waals surface area contributed by atoms with Crippen LogP contribution < -0.4 is 0 Å². The minimum atomic E-state index is 0.347. The number of aromatic amines is 1. The van der Waals surface area contributed by atoms with Gasteiger partial charge in [-0.3, -0.25) is 9.78 Å². The molecule has 0 bridgehead atoms. The summed E-state index contributed by atoms with van der Waals surface area (Å²) in [7, 11) is 0. The van der Waals surface area contributed by atoms with Crippen molar-refractivity contribution in [2.24, 2.45) is 0 Å². The van der Waals surface area contributed by atoms with E-state index in [9.17, 15) is 4.79 Å². The summed E-state index contributed by atoms with van der Waals surface area (Å²) in [6, 6.07) is 1.80. The van der Waals surface area contributed by atoms with E-state index in [-0.39, 0.29) is 0 Å². The molecule has 2 rings (SSSR count). The highest BCUT2D eigenvalue weighted by Gasteiger charge is 1.97. The summed E-state index contributed by atoms with van der Waals surface area (Å²) in [6.07, 6.45) is 3.86. The van der Waals surface area contributed by atoms with E-state index in [1.165, 1.54) is 6.20 Å². The molecule has 4 heteroatoms. The Kier molecular flexibility index (Phi) is 1.18. The maximum Gasteiger partial charge on any atom is 0.170 e. The molecule has 0 radical (unpaired) electrons. The van der Waals surface area contributed by atoms with Crippen molar-refractivity contribution in [3.05, 3.63) is 24.2 Å². The molecule has 2 heterocycles. The highest BCUT2D eigenvalue weighted by atomic mass is 16.1. The standard InChI is InChI=1S/C7H5N3O/c11-4-5-3-9-6-1-2-8-7(6)10-5/h1-4H,(H,8,10). The van der Waals surface area contributed by atoms with Gasteiger partial charge in [0, 0.05) is 6.20 Å². The van der Waals surface area contributed by atoms with Gasteiger partial charge >= 0.3 is 0 Å². The molecule has 0 aromatic carbocycles. The smallest absolute Gasteiger partial charge is 0.170 e. The molecule has 0 aliphatic rings. The van der Waals surface area contributed by atoms with Crippen LogP contribution in [0.1, 0.15) is 10.5 Å². The van der Waals surface area contributed by atoms with Crippen molar-refractivity contribution < 1.29 is 4.79 Å². The molecule has 0 fully saturated rings. The van der Waals surface area contributed by atoms with Gasteiger partial charge in [0.15, 0.2) is 11.9 Å². The van der Waals surface area contributed by atoms with E-state index in [4.69, 9.17) is 0 Å². The van der Waals surface area contributed by atoms with Crippen LogP contribution in [0.5, 0.6) is 0 Å². The monoisotopic (exact) mass is 147 g/mol. The number of hydrogen-bond acceptors (Lipinski definition) is 3. The number of rotatable bonds is 1. The molecule has 0 amide bonds. The van der Waals surface area contributed by atoms with Crippen molar-refractivity contribution in [2.45, 2.75) is 0 Å². The van der Waals surface area contributed by atoms with E-state index < -0.39 is 0 Å². The van der Waals surface area contributed by atoms with Crippen LogP contribution in [0.3, 0.4) is 0 Å². The molecule has 0 saturated carbocycles. The Morgan fingerprint density at radius 2 is 2.45 bits per heavy atom. The molecule has 0 saturated heterocycles. The second-order valence-electron chi connectivity index (χ2n) is 2.12. The number of hydrogen-bond donors (Lipinski definition) is 1. The average molecular weight is 147 g/mol. The molecule has 2 aromatic rings. The number of carbonyl (C=O) groups is 1. The molecule has 1 N–H and O–H groups in total. The summed E-state index contributed by atoms with van der Waals surface area (Å²) in [5.74, 6) is 0. The number of nitrogens with one attached hydrogen (secondary N) is 1. The highest BCUT2D eigenvalue weighted by Crippen LogP contribution is 2.04. The van der Waals surface area contributed by atoms with Crippen molar-refractivity contribution in [3.63, 3.8) is 0 Å². The first-order chi connectivity index (χ1) is 5.40. The summed E-state index contributed by atoms with van der Waals surface area (Å²) >= 11 is 0. The molecular weight excluding hydrogens is 142 g/mol. The van der Waals surface area contributed by atoms with Crippen LogP contribution in [0.2, 0.25) is 0 Å². The molecule has 0 aliphatic heterocycles. The number of nitrogens with zero attached hydrogens (tertiary/aromatic N) is 2. The van der Waals surface area contributed by atoms with Crippen LogP contribution >= 0.6 is 0 Å². The Morgan fingerprint density at radius 1 is 1.55 bits per heavy atom. The largest absolute Gasteiger partial charge is 0.345 e. The van der Waals surface area contributed by atoms with Gasteiger partial charge < -0.3 is 4.98 Å². The predicted octanol–water partition coefficient (Wildman–Crippen LogP) is 0.770. The lowest BCUT2D eigenvalue weighted by Gasteiger charge is -1.88. The molecule has 54 valence electrons. The summed E-state index contributed by atoms with van der Waals surface area (Å²) in [6.45, 7) is 0. The van der Waals surface area contributed by atoms with Crippen LogP contribution in [0, 0.1) is 0 Å². The molecule has 4 nitrogen and oxygen atoms in total. The lowest BCUT2D eigenvalue weighted by atomic mass is 10.4. The molecule has 0 aliphatic carbocycles. The third-order valence-electron chi connectivity index (χ3n) is 1.40. The zero-order valence-corrected chi connectivity index (χ0v) is 5.61. The Bertz CT molecular complexity index is 393. The van der Waals surface area contributed by atoms with Crippen molar-refractivity contribution in [3.8, 4) is 0 Å². The Balaban J connectivity index is 2.76. The second-order valence-corrected chi connectivity index (χ2v) is 2.12. The van der Waals surface area contributed by atoms with E-state index in [2.05, 4.69) is 15.0 Å². The van der Waals surface area contributed by atoms with E-state index in [0.717, 1.165) is 5.52 Å². The Labute approximate surface area is 62.3 Å². The van der Waals surface area contributed by atoms with Gasteiger partial charge in [0.2, 0.25) is 0 Å². The first-order valence-electron chi connectivity index (χ1n) is 3.15. The third kappa shape index (κ3) is 0.881. The lowest BCUT2D eigenvalue weighted by molar-refractivity contribution is 0.111. The fraction of sp³-hybridized carbons (Fsp3) is 0. The minimum absolute atomic E-state index is 0.347. The summed E-state index contributed by atoms with van der Waals surface area (Å²) < 4.78 is 0. The zero-order valence-electron chi connectivity index (χ0n) is 5.61. The van der Waals surface area contributed by atoms with Crippen LogP contribution in [0.4, 0.5) is 0 Å². The van der Waals surface area contributed by atoms with Crippen LogP contribution in [-0.4, -0.2) is 21.2 Å². The van der Waals surface area contributed by atoms with Crippen molar-refractivity contribution in [1.82, 2.24) is 15.0 Å². The van der Waals surface area contributed by atoms with Gasteiger partial charge in [0.25, 0.3) is 0 Å². The number of H-pyrrole nitrogens is 1. The van der Waals surface area contributed by atoms with Crippen LogP contribution in [0.15, 0.2) is 18.5 Å². The van der Waals surface area contributed by atoms with Crippen molar-refractivity contribution in [2.75, 3.05) is 0 Å². The topological polar surface area (TPSA) is 58.6 Å². The average Bonchev–Trinajstić information content (AvgIpc) is 2.50. The predicted molar refractivity (Wildman–Crippen MR) is 39.3 cm³/mol. The summed E-state index contributed by atoms with van der Waals surface area (Å²) in [5, 5.41) is 0. The molecule has 0 spiro atoms. The van der Waals surface area contributed by atoms with Crippen LogP contribution in [0.25, 0.3) is 11.2 Å². The fourth-order valence-corrected chi connectivity index (χ4v) is 0.897. The van der Waals surface area contributed by atoms with E-state index in [1.807, 2.05) is 0 Å². The Morgan fingerprint density at radius 3 is 3.27 bits per heavy atom. The number of carbonyl (C=O) groups excluding carboxylic acids is 1. The summed E-state index contributed by atoms with van der Waals surface area (Å²) in [4.78, 5) is 21.1. The van der Waals surface area contributed by atoms with E-state index in [1.54, 1.807) is 12.3 Å².